The van der Waals surface area contributed by atoms with Crippen molar-refractivity contribution >= 4 is 11.7 Å². The lowest BCUT2D eigenvalue weighted by molar-refractivity contribution is 0.104. The van der Waals surface area contributed by atoms with Gasteiger partial charge in [-0.15, -0.1) is 0 Å². The van der Waals surface area contributed by atoms with Crippen LogP contribution in [0, 0.1) is 0 Å². The number of carbonyl (C=O) groups excluding carboxylic acids is 1. The van der Waals surface area contributed by atoms with Gasteiger partial charge in [-0.1, -0.05) is 24.3 Å². The number of nitrogen functional groups attached to an aromatic ring is 1. The number of fused-ring (bicyclic) bond motifs is 3. The van der Waals surface area contributed by atoms with Crippen molar-refractivity contribution in [3.63, 3.8) is 0 Å². The predicted octanol–water partition coefficient (Wildman–Crippen LogP) is 3.34. The van der Waals surface area contributed by atoms with E-state index < -0.39 is 0 Å². The highest BCUT2D eigenvalue weighted by molar-refractivity contribution is 6.23. The molecule has 1 heterocycles. The van der Waals surface area contributed by atoms with E-state index in [1.54, 1.807) is 6.07 Å². The highest BCUT2D eigenvalue weighted by Gasteiger charge is 2.32. The topological polar surface area (TPSA) is 78.1 Å². The monoisotopic (exact) mass is 317 g/mol. The van der Waals surface area contributed by atoms with Gasteiger partial charge < -0.3 is 10.5 Å². The van der Waals surface area contributed by atoms with Crippen molar-refractivity contribution in [3.8, 4) is 28.3 Å². The normalized spacial score (nSPS) is 12.0. The summed E-state index contributed by atoms with van der Waals surface area (Å²) in [6, 6.07) is 14.9. The van der Waals surface area contributed by atoms with Crippen molar-refractivity contribution in [1.29, 1.82) is 0 Å². The van der Waals surface area contributed by atoms with Crippen LogP contribution in [-0.2, 0) is 0 Å². The molecule has 1 aliphatic carbocycles. The van der Waals surface area contributed by atoms with E-state index in [0.717, 1.165) is 16.9 Å². The molecular weight excluding hydrogens is 302 g/mol. The number of aromatic nitrogens is 2. The van der Waals surface area contributed by atoms with Crippen LogP contribution >= 0.6 is 0 Å². The van der Waals surface area contributed by atoms with Crippen molar-refractivity contribution in [2.75, 3.05) is 12.3 Å². The van der Waals surface area contributed by atoms with Crippen LogP contribution in [0.15, 0.2) is 48.5 Å². The van der Waals surface area contributed by atoms with Crippen LogP contribution < -0.4 is 10.5 Å². The van der Waals surface area contributed by atoms with E-state index in [4.69, 9.17) is 10.5 Å². The number of nitrogens with zero attached hydrogens (tertiary/aromatic N) is 2. The highest BCUT2D eigenvalue weighted by atomic mass is 16.5. The largest absolute Gasteiger partial charge is 0.494 e. The lowest BCUT2D eigenvalue weighted by atomic mass is 10.0. The Morgan fingerprint density at radius 3 is 2.33 bits per heavy atom. The Labute approximate surface area is 139 Å². The number of ether oxygens (including phenoxy) is 1. The Morgan fingerprint density at radius 1 is 0.958 bits per heavy atom. The number of carbonyl (C=O) groups is 1. The molecule has 118 valence electrons. The number of ketones is 1. The van der Waals surface area contributed by atoms with Gasteiger partial charge in [0.25, 0.3) is 0 Å². The summed E-state index contributed by atoms with van der Waals surface area (Å²) in [5.74, 6) is 0.862. The maximum atomic E-state index is 12.8. The molecule has 0 atom stereocenters. The number of hydrogen-bond acceptors (Lipinski definition) is 5. The second kappa shape index (κ2) is 5.45. The maximum Gasteiger partial charge on any atom is 0.221 e. The van der Waals surface area contributed by atoms with Gasteiger partial charge in [0.05, 0.1) is 23.6 Å². The molecule has 1 aromatic heterocycles. The number of hydrogen-bond donors (Lipinski definition) is 1. The fourth-order valence-electron chi connectivity index (χ4n) is 2.99. The number of rotatable bonds is 3. The number of anilines is 1. The smallest absolute Gasteiger partial charge is 0.221 e. The van der Waals surface area contributed by atoms with Gasteiger partial charge in [-0.3, -0.25) is 4.79 Å². The first-order chi connectivity index (χ1) is 11.7. The third-order valence-electron chi connectivity index (χ3n) is 4.02. The third-order valence-corrected chi connectivity index (χ3v) is 4.02. The molecule has 0 unspecified atom stereocenters. The van der Waals surface area contributed by atoms with E-state index >= 15 is 0 Å². The van der Waals surface area contributed by atoms with E-state index in [9.17, 15) is 4.79 Å². The average molecular weight is 317 g/mol. The molecule has 0 spiro atoms. The van der Waals surface area contributed by atoms with Gasteiger partial charge in [-0.25, -0.2) is 9.97 Å². The second-order valence-electron chi connectivity index (χ2n) is 5.49. The van der Waals surface area contributed by atoms with Crippen molar-refractivity contribution in [3.05, 3.63) is 59.7 Å². The van der Waals surface area contributed by atoms with E-state index in [1.807, 2.05) is 49.4 Å². The zero-order valence-electron chi connectivity index (χ0n) is 13.1. The van der Waals surface area contributed by atoms with Crippen molar-refractivity contribution < 1.29 is 9.53 Å². The summed E-state index contributed by atoms with van der Waals surface area (Å²) >= 11 is 0. The van der Waals surface area contributed by atoms with Crippen molar-refractivity contribution in [2.24, 2.45) is 0 Å². The van der Waals surface area contributed by atoms with Gasteiger partial charge in [-0.05, 0) is 31.2 Å². The molecule has 4 rings (SSSR count). The standard InChI is InChI=1S/C19H15N3O2/c1-2-24-12-9-7-11(8-10-12)16-15-17(22-19(20)21-16)13-5-3-4-6-14(13)18(15)23/h3-10H,2H2,1H3,(H2,20,21,22). The minimum Gasteiger partial charge on any atom is -0.494 e. The Bertz CT molecular complexity index is 949. The summed E-state index contributed by atoms with van der Waals surface area (Å²) in [5.41, 5.74) is 9.81. The number of benzene rings is 2. The SMILES string of the molecule is CCOc1ccc(-c2nc(N)nc3c2C(=O)c2ccccc2-3)cc1. The Morgan fingerprint density at radius 2 is 1.62 bits per heavy atom. The van der Waals surface area contributed by atoms with Crippen LogP contribution in [-0.4, -0.2) is 22.4 Å². The van der Waals surface area contributed by atoms with Crippen LogP contribution in [0.2, 0.25) is 0 Å². The zero-order valence-corrected chi connectivity index (χ0v) is 13.1. The summed E-state index contributed by atoms with van der Waals surface area (Å²) in [6.45, 7) is 2.53. The molecular formula is C19H15N3O2. The van der Waals surface area contributed by atoms with E-state index in [-0.39, 0.29) is 11.7 Å². The lowest BCUT2D eigenvalue weighted by Crippen LogP contribution is -2.05. The van der Waals surface area contributed by atoms with Crippen molar-refractivity contribution in [2.45, 2.75) is 6.92 Å². The minimum atomic E-state index is -0.0653. The fourth-order valence-corrected chi connectivity index (χ4v) is 2.99. The Kier molecular flexibility index (Phi) is 3.27. The summed E-state index contributed by atoms with van der Waals surface area (Å²) in [5, 5.41) is 0. The molecule has 0 radical (unpaired) electrons. The predicted molar refractivity (Wildman–Crippen MR) is 91.9 cm³/mol. The minimum absolute atomic E-state index is 0.0653. The van der Waals surface area contributed by atoms with Crippen LogP contribution in [0.4, 0.5) is 5.95 Å². The molecule has 0 amide bonds. The van der Waals surface area contributed by atoms with Gasteiger partial charge in [0.1, 0.15) is 5.75 Å². The van der Waals surface area contributed by atoms with E-state index in [1.165, 1.54) is 0 Å². The molecule has 24 heavy (non-hydrogen) atoms. The lowest BCUT2D eigenvalue weighted by Gasteiger charge is -2.09. The average Bonchev–Trinajstić information content (AvgIpc) is 2.88. The van der Waals surface area contributed by atoms with Gasteiger partial charge >= 0.3 is 0 Å². The first-order valence-electron chi connectivity index (χ1n) is 7.74. The molecule has 1 aliphatic rings. The van der Waals surface area contributed by atoms with Gasteiger partial charge in [0, 0.05) is 16.7 Å². The van der Waals surface area contributed by atoms with Gasteiger partial charge in [0.2, 0.25) is 5.95 Å². The molecule has 0 bridgehead atoms. The van der Waals surface area contributed by atoms with Crippen molar-refractivity contribution in [1.82, 2.24) is 9.97 Å². The van der Waals surface area contributed by atoms with E-state index in [0.29, 0.717) is 29.1 Å². The first kappa shape index (κ1) is 14.4. The molecule has 0 aliphatic heterocycles. The second-order valence-corrected chi connectivity index (χ2v) is 5.49. The molecule has 0 saturated heterocycles. The zero-order chi connectivity index (χ0) is 16.7. The molecule has 5 nitrogen and oxygen atoms in total. The van der Waals surface area contributed by atoms with Crippen LogP contribution in [0.5, 0.6) is 5.75 Å². The summed E-state index contributed by atoms with van der Waals surface area (Å²) < 4.78 is 5.46. The Hall–Kier alpha value is -3.21. The highest BCUT2D eigenvalue weighted by Crippen LogP contribution is 2.40. The van der Waals surface area contributed by atoms with Crippen LogP contribution in [0.25, 0.3) is 22.5 Å². The summed E-state index contributed by atoms with van der Waals surface area (Å²) in [6.07, 6.45) is 0. The molecule has 0 fully saturated rings. The molecule has 3 aromatic rings. The molecule has 5 heteroatoms. The van der Waals surface area contributed by atoms with Gasteiger partial charge in [0.15, 0.2) is 5.78 Å². The molecule has 2 aromatic carbocycles. The molecule has 2 N–H and O–H groups in total. The maximum absolute atomic E-state index is 12.8. The molecule has 0 saturated carbocycles. The first-order valence-corrected chi connectivity index (χ1v) is 7.74. The quantitative estimate of drug-likeness (QED) is 0.627. The van der Waals surface area contributed by atoms with Gasteiger partial charge in [-0.2, -0.15) is 0 Å². The number of nitrogens with two attached hydrogens (primary N) is 1. The van der Waals surface area contributed by atoms with E-state index in [2.05, 4.69) is 9.97 Å². The van der Waals surface area contributed by atoms with Crippen LogP contribution in [0.1, 0.15) is 22.8 Å². The summed E-state index contributed by atoms with van der Waals surface area (Å²) in [7, 11) is 0. The summed E-state index contributed by atoms with van der Waals surface area (Å²) in [4.78, 5) is 21.4. The fraction of sp³-hybridized carbons (Fsp3) is 0.105. The third kappa shape index (κ3) is 2.13. The van der Waals surface area contributed by atoms with Crippen LogP contribution in [0.3, 0.4) is 0 Å². The Balaban J connectivity index is 1.90.